The van der Waals surface area contributed by atoms with Crippen LogP contribution in [0.3, 0.4) is 0 Å². The zero-order valence-corrected chi connectivity index (χ0v) is 7.86. The molecule has 0 aromatic carbocycles. The molecule has 0 aromatic rings. The molecule has 0 unspecified atom stereocenters. The Morgan fingerprint density at radius 1 is 1.69 bits per heavy atom. The van der Waals surface area contributed by atoms with E-state index in [1.165, 1.54) is 7.11 Å². The first-order valence-electron chi connectivity index (χ1n) is 4.04. The van der Waals surface area contributed by atoms with Gasteiger partial charge in [-0.05, 0) is 12.0 Å². The molecule has 5 nitrogen and oxygen atoms in total. The molecule has 0 amide bonds. The lowest BCUT2D eigenvalue weighted by molar-refractivity contribution is -0.136. The van der Waals surface area contributed by atoms with Gasteiger partial charge >= 0.3 is 5.97 Å². The van der Waals surface area contributed by atoms with Crippen LogP contribution in [0.15, 0.2) is 16.8 Å². The van der Waals surface area contributed by atoms with Gasteiger partial charge in [0.25, 0.3) is 0 Å². The average Bonchev–Trinajstić information content (AvgIpc) is 2.17. The summed E-state index contributed by atoms with van der Waals surface area (Å²) >= 11 is 0. The van der Waals surface area contributed by atoms with Crippen LogP contribution in [0.1, 0.15) is 19.8 Å². The number of nitrogens with zero attached hydrogens (tertiary/aromatic N) is 3. The van der Waals surface area contributed by atoms with E-state index in [1.54, 1.807) is 6.08 Å². The highest BCUT2D eigenvalue weighted by molar-refractivity contribution is 5.88. The summed E-state index contributed by atoms with van der Waals surface area (Å²) in [5, 5.41) is 3.31. The molecule has 13 heavy (non-hydrogen) atoms. The predicted molar refractivity (Wildman–Crippen MR) is 49.0 cm³/mol. The molecule has 5 heteroatoms. The quantitative estimate of drug-likeness (QED) is 0.215. The molecule has 0 saturated heterocycles. The van der Waals surface area contributed by atoms with Gasteiger partial charge in [-0.1, -0.05) is 24.5 Å². The Hall–Kier alpha value is -1.48. The molecule has 0 bridgehead atoms. The maximum Gasteiger partial charge on any atom is 0.333 e. The maximum atomic E-state index is 11.0. The van der Waals surface area contributed by atoms with Crippen LogP contribution in [0, 0.1) is 0 Å². The van der Waals surface area contributed by atoms with Gasteiger partial charge in [0.2, 0.25) is 0 Å². The minimum atomic E-state index is -0.430. The van der Waals surface area contributed by atoms with Gasteiger partial charge in [0.05, 0.1) is 13.7 Å². The number of allylic oxidation sites excluding steroid dienone is 1. The summed E-state index contributed by atoms with van der Waals surface area (Å²) in [7, 11) is 1.30. The lowest BCUT2D eigenvalue weighted by Crippen LogP contribution is -2.07. The van der Waals surface area contributed by atoms with E-state index in [1.807, 2.05) is 6.92 Å². The Morgan fingerprint density at radius 3 is 2.85 bits per heavy atom. The topological polar surface area (TPSA) is 75.1 Å². The van der Waals surface area contributed by atoms with E-state index in [0.717, 1.165) is 12.8 Å². The Bertz CT molecular complexity index is 242. The summed E-state index contributed by atoms with van der Waals surface area (Å²) in [6.45, 7) is 2.06. The summed E-state index contributed by atoms with van der Waals surface area (Å²) in [5.41, 5.74) is 8.49. The summed E-state index contributed by atoms with van der Waals surface area (Å²) in [5.74, 6) is -0.430. The van der Waals surface area contributed by atoms with E-state index in [2.05, 4.69) is 14.8 Å². The second kappa shape index (κ2) is 7.18. The van der Waals surface area contributed by atoms with Gasteiger partial charge in [0, 0.05) is 10.5 Å². The van der Waals surface area contributed by atoms with Crippen LogP contribution in [-0.4, -0.2) is 19.6 Å². The van der Waals surface area contributed by atoms with Gasteiger partial charge in [0.1, 0.15) is 0 Å². The molecule has 0 aliphatic heterocycles. The van der Waals surface area contributed by atoms with Gasteiger partial charge in [-0.3, -0.25) is 0 Å². The van der Waals surface area contributed by atoms with Crippen molar-refractivity contribution in [2.75, 3.05) is 13.7 Å². The van der Waals surface area contributed by atoms with Crippen LogP contribution >= 0.6 is 0 Å². The van der Waals surface area contributed by atoms with Crippen molar-refractivity contribution in [3.05, 3.63) is 22.1 Å². The highest BCUT2D eigenvalue weighted by Crippen LogP contribution is 2.02. The van der Waals surface area contributed by atoms with Gasteiger partial charge in [-0.15, -0.1) is 0 Å². The van der Waals surface area contributed by atoms with Gasteiger partial charge < -0.3 is 4.74 Å². The third-order valence-corrected chi connectivity index (χ3v) is 1.43. The number of esters is 1. The SMILES string of the molecule is CCCC=C(CN=[N+]=[N-])C(=O)OC. The summed E-state index contributed by atoms with van der Waals surface area (Å²) in [4.78, 5) is 13.6. The summed E-state index contributed by atoms with van der Waals surface area (Å²) in [6.07, 6.45) is 3.46. The maximum absolute atomic E-state index is 11.0. The summed E-state index contributed by atoms with van der Waals surface area (Å²) in [6, 6.07) is 0. The Labute approximate surface area is 77.0 Å². The van der Waals surface area contributed by atoms with Crippen molar-refractivity contribution in [2.24, 2.45) is 5.11 Å². The molecule has 0 radical (unpaired) electrons. The second-order valence-electron chi connectivity index (χ2n) is 2.40. The molecule has 0 heterocycles. The number of unbranched alkanes of at least 4 members (excludes halogenated alkanes) is 1. The molecule has 0 fully saturated rings. The third-order valence-electron chi connectivity index (χ3n) is 1.43. The van der Waals surface area contributed by atoms with Crippen LogP contribution in [0.2, 0.25) is 0 Å². The van der Waals surface area contributed by atoms with Crippen molar-refractivity contribution in [1.29, 1.82) is 0 Å². The zero-order chi connectivity index (χ0) is 10.1. The van der Waals surface area contributed by atoms with Crippen LogP contribution in [-0.2, 0) is 9.53 Å². The van der Waals surface area contributed by atoms with Crippen molar-refractivity contribution in [3.8, 4) is 0 Å². The van der Waals surface area contributed by atoms with E-state index in [0.29, 0.717) is 5.57 Å². The number of methoxy groups -OCH3 is 1. The molecule has 0 aromatic heterocycles. The second-order valence-corrected chi connectivity index (χ2v) is 2.40. The van der Waals surface area contributed by atoms with E-state index in [-0.39, 0.29) is 6.54 Å². The van der Waals surface area contributed by atoms with Crippen molar-refractivity contribution in [3.63, 3.8) is 0 Å². The number of hydrogen-bond donors (Lipinski definition) is 0. The number of azide groups is 1. The van der Waals surface area contributed by atoms with Crippen LogP contribution < -0.4 is 0 Å². The fourth-order valence-electron chi connectivity index (χ4n) is 0.770. The van der Waals surface area contributed by atoms with Crippen molar-refractivity contribution in [1.82, 2.24) is 0 Å². The van der Waals surface area contributed by atoms with Gasteiger partial charge in [0.15, 0.2) is 0 Å². The van der Waals surface area contributed by atoms with Crippen molar-refractivity contribution in [2.45, 2.75) is 19.8 Å². The number of carbonyl (C=O) groups is 1. The molecule has 0 N–H and O–H groups in total. The number of rotatable bonds is 5. The molecular weight excluding hydrogens is 170 g/mol. The van der Waals surface area contributed by atoms with Crippen LogP contribution in [0.25, 0.3) is 10.4 Å². The van der Waals surface area contributed by atoms with Gasteiger partial charge in [-0.25, -0.2) is 4.79 Å². The first-order chi connectivity index (χ1) is 6.26. The molecule has 0 rings (SSSR count). The first-order valence-corrected chi connectivity index (χ1v) is 4.04. The average molecular weight is 183 g/mol. The Morgan fingerprint density at radius 2 is 2.38 bits per heavy atom. The molecule has 0 spiro atoms. The zero-order valence-electron chi connectivity index (χ0n) is 7.86. The molecule has 0 saturated carbocycles. The van der Waals surface area contributed by atoms with E-state index in [4.69, 9.17) is 5.53 Å². The largest absolute Gasteiger partial charge is 0.466 e. The number of hydrogen-bond acceptors (Lipinski definition) is 3. The lowest BCUT2D eigenvalue weighted by atomic mass is 10.2. The molecular formula is C8H13N3O2. The van der Waals surface area contributed by atoms with Crippen molar-refractivity contribution >= 4 is 5.97 Å². The highest BCUT2D eigenvalue weighted by atomic mass is 16.5. The molecule has 0 aliphatic carbocycles. The van der Waals surface area contributed by atoms with Gasteiger partial charge in [-0.2, -0.15) is 0 Å². The Balaban J connectivity index is 4.34. The van der Waals surface area contributed by atoms with E-state index >= 15 is 0 Å². The first kappa shape index (κ1) is 11.5. The number of carbonyl (C=O) groups excluding carboxylic acids is 1. The molecule has 72 valence electrons. The van der Waals surface area contributed by atoms with Crippen LogP contribution in [0.4, 0.5) is 0 Å². The minimum Gasteiger partial charge on any atom is -0.466 e. The normalized spacial score (nSPS) is 10.5. The van der Waals surface area contributed by atoms with E-state index < -0.39 is 5.97 Å². The van der Waals surface area contributed by atoms with Crippen molar-refractivity contribution < 1.29 is 9.53 Å². The van der Waals surface area contributed by atoms with Crippen LogP contribution in [0.5, 0.6) is 0 Å². The number of ether oxygens (including phenoxy) is 1. The van der Waals surface area contributed by atoms with E-state index in [9.17, 15) is 4.79 Å². The monoisotopic (exact) mass is 183 g/mol. The smallest absolute Gasteiger partial charge is 0.333 e. The standard InChI is InChI=1S/C8H13N3O2/c1-3-4-5-7(6-10-11-9)8(12)13-2/h5H,3-4,6H2,1-2H3. The Kier molecular flexibility index (Phi) is 6.37. The third kappa shape index (κ3) is 4.87. The summed E-state index contributed by atoms with van der Waals surface area (Å²) < 4.78 is 4.52. The predicted octanol–water partition coefficient (Wildman–Crippen LogP) is 2.20. The minimum absolute atomic E-state index is 0.0587. The molecule has 0 aliphatic rings. The lowest BCUT2D eigenvalue weighted by Gasteiger charge is -2.00. The highest BCUT2D eigenvalue weighted by Gasteiger charge is 2.06. The fraction of sp³-hybridized carbons (Fsp3) is 0.625. The fourth-order valence-corrected chi connectivity index (χ4v) is 0.770. The molecule has 0 atom stereocenters.